The van der Waals surface area contributed by atoms with Gasteiger partial charge < -0.3 is 4.74 Å². The summed E-state index contributed by atoms with van der Waals surface area (Å²) >= 11 is 0. The number of alkyl halides is 1. The third-order valence-corrected chi connectivity index (χ3v) is 3.42. The Kier molecular flexibility index (Phi) is 3.19. The minimum atomic E-state index is -1.51. The number of benzene rings is 1. The van der Waals surface area contributed by atoms with Crippen molar-refractivity contribution in [1.82, 2.24) is 0 Å². The van der Waals surface area contributed by atoms with E-state index in [1.807, 2.05) is 0 Å². The maximum absolute atomic E-state index is 14.2. The third kappa shape index (κ3) is 2.39. The zero-order valence-corrected chi connectivity index (χ0v) is 10.7. The molecule has 0 amide bonds. The fraction of sp³-hybridized carbons (Fsp3) is 0.429. The molecule has 1 aliphatic rings. The largest absolute Gasteiger partial charge is 0.493 e. The average Bonchev–Trinajstić information content (AvgIpc) is 2.35. The van der Waals surface area contributed by atoms with E-state index < -0.39 is 22.4 Å². The second-order valence-electron chi connectivity index (χ2n) is 5.11. The summed E-state index contributed by atoms with van der Waals surface area (Å²) in [4.78, 5) is 10.3. The van der Waals surface area contributed by atoms with E-state index >= 15 is 0 Å². The summed E-state index contributed by atoms with van der Waals surface area (Å²) in [5, 5.41) is 10.8. The molecule has 2 unspecified atom stereocenters. The van der Waals surface area contributed by atoms with Gasteiger partial charge in [0, 0.05) is 23.6 Å². The van der Waals surface area contributed by atoms with Crippen LogP contribution in [0.1, 0.15) is 25.3 Å². The first-order valence-electron chi connectivity index (χ1n) is 5.90. The van der Waals surface area contributed by atoms with Gasteiger partial charge in [-0.2, -0.15) is 0 Å². The van der Waals surface area contributed by atoms with Gasteiger partial charge in [-0.05, 0) is 19.9 Å². The van der Waals surface area contributed by atoms with Crippen LogP contribution in [0.25, 0.3) is 0 Å². The second kappa shape index (κ2) is 4.54. The summed E-state index contributed by atoms with van der Waals surface area (Å²) in [6, 6.07) is 4.24. The zero-order chi connectivity index (χ0) is 14.2. The van der Waals surface area contributed by atoms with Gasteiger partial charge in [0.15, 0.2) is 0 Å². The van der Waals surface area contributed by atoms with Crippen LogP contribution in [0.4, 0.5) is 10.1 Å². The molecular formula is C14H14FNO3. The maximum Gasteiger partial charge on any atom is 0.270 e. The highest BCUT2D eigenvalue weighted by molar-refractivity contribution is 5.49. The lowest BCUT2D eigenvalue weighted by Gasteiger charge is -2.36. The first-order chi connectivity index (χ1) is 8.84. The number of nitrogens with zero attached hydrogens (tertiary/aromatic N) is 1. The van der Waals surface area contributed by atoms with Crippen LogP contribution in [0.2, 0.25) is 0 Å². The van der Waals surface area contributed by atoms with E-state index in [2.05, 4.69) is 5.92 Å². The normalized spacial score (nSPS) is 22.0. The molecule has 0 saturated carbocycles. The van der Waals surface area contributed by atoms with E-state index in [1.165, 1.54) is 32.0 Å². The van der Waals surface area contributed by atoms with E-state index in [-0.39, 0.29) is 12.3 Å². The van der Waals surface area contributed by atoms with Crippen LogP contribution in [0.5, 0.6) is 5.75 Å². The number of fused-ring (bicyclic) bond motifs is 1. The number of terminal acetylenes is 1. The Morgan fingerprint density at radius 1 is 1.58 bits per heavy atom. The molecule has 1 aromatic carbocycles. The monoisotopic (exact) mass is 263 g/mol. The first kappa shape index (κ1) is 13.3. The van der Waals surface area contributed by atoms with Crippen LogP contribution in [0.3, 0.4) is 0 Å². The first-order valence-corrected chi connectivity index (χ1v) is 5.90. The lowest BCUT2D eigenvalue weighted by molar-refractivity contribution is -0.385. The SMILES string of the molecule is C#CC1c2cc([N+](=O)[O-])ccc2OCC1C(C)(C)F. The lowest BCUT2D eigenvalue weighted by atomic mass is 9.76. The van der Waals surface area contributed by atoms with Gasteiger partial charge in [0.1, 0.15) is 11.4 Å². The van der Waals surface area contributed by atoms with Gasteiger partial charge >= 0.3 is 0 Å². The molecule has 0 N–H and O–H groups in total. The number of non-ortho nitro benzene ring substituents is 1. The van der Waals surface area contributed by atoms with Crippen LogP contribution < -0.4 is 4.74 Å². The lowest BCUT2D eigenvalue weighted by Crippen LogP contribution is -2.38. The van der Waals surface area contributed by atoms with Crippen LogP contribution in [-0.4, -0.2) is 17.2 Å². The van der Waals surface area contributed by atoms with Crippen LogP contribution in [0.15, 0.2) is 18.2 Å². The summed E-state index contributed by atoms with van der Waals surface area (Å²) < 4.78 is 19.6. The molecule has 1 aromatic rings. The fourth-order valence-electron chi connectivity index (χ4n) is 2.32. The fourth-order valence-corrected chi connectivity index (χ4v) is 2.32. The average molecular weight is 263 g/mol. The molecule has 5 heteroatoms. The van der Waals surface area contributed by atoms with E-state index in [4.69, 9.17) is 11.2 Å². The van der Waals surface area contributed by atoms with Crippen molar-refractivity contribution in [2.24, 2.45) is 5.92 Å². The molecule has 2 atom stereocenters. The van der Waals surface area contributed by atoms with Gasteiger partial charge in [-0.15, -0.1) is 6.42 Å². The Morgan fingerprint density at radius 2 is 2.26 bits per heavy atom. The van der Waals surface area contributed by atoms with Crippen LogP contribution in [-0.2, 0) is 0 Å². The van der Waals surface area contributed by atoms with Crippen molar-refractivity contribution in [2.45, 2.75) is 25.4 Å². The van der Waals surface area contributed by atoms with Gasteiger partial charge in [-0.1, -0.05) is 5.92 Å². The summed E-state index contributed by atoms with van der Waals surface area (Å²) in [6.07, 6.45) is 5.49. The van der Waals surface area contributed by atoms with E-state index in [9.17, 15) is 14.5 Å². The molecular weight excluding hydrogens is 249 g/mol. The molecule has 0 spiro atoms. The summed E-state index contributed by atoms with van der Waals surface area (Å²) in [7, 11) is 0. The highest BCUT2D eigenvalue weighted by Gasteiger charge is 2.41. The predicted octanol–water partition coefficient (Wildman–Crippen LogP) is 3.07. The molecule has 0 fully saturated rings. The van der Waals surface area contributed by atoms with Gasteiger partial charge in [0.25, 0.3) is 5.69 Å². The topological polar surface area (TPSA) is 52.4 Å². The molecule has 0 bridgehead atoms. The van der Waals surface area contributed by atoms with E-state index in [1.54, 1.807) is 0 Å². The Balaban J connectivity index is 2.50. The molecule has 1 aliphatic heterocycles. The van der Waals surface area contributed by atoms with E-state index in [0.29, 0.717) is 11.3 Å². The van der Waals surface area contributed by atoms with Crippen molar-refractivity contribution < 1.29 is 14.1 Å². The van der Waals surface area contributed by atoms with Crippen molar-refractivity contribution in [2.75, 3.05) is 6.61 Å². The van der Waals surface area contributed by atoms with Crippen molar-refractivity contribution >= 4 is 5.69 Å². The maximum atomic E-state index is 14.2. The van der Waals surface area contributed by atoms with Gasteiger partial charge in [-0.3, -0.25) is 10.1 Å². The number of hydrogen-bond donors (Lipinski definition) is 0. The molecule has 0 saturated heterocycles. The third-order valence-electron chi connectivity index (χ3n) is 3.42. The molecule has 1 heterocycles. The molecule has 0 aromatic heterocycles. The van der Waals surface area contributed by atoms with Crippen molar-refractivity contribution in [3.8, 4) is 18.1 Å². The Morgan fingerprint density at radius 3 is 2.79 bits per heavy atom. The number of halogens is 1. The highest BCUT2D eigenvalue weighted by Crippen LogP contribution is 2.43. The molecule has 0 radical (unpaired) electrons. The van der Waals surface area contributed by atoms with E-state index in [0.717, 1.165) is 0 Å². The van der Waals surface area contributed by atoms with Crippen molar-refractivity contribution in [1.29, 1.82) is 0 Å². The predicted molar refractivity (Wildman–Crippen MR) is 68.8 cm³/mol. The minimum Gasteiger partial charge on any atom is -0.493 e. The quantitative estimate of drug-likeness (QED) is 0.468. The van der Waals surface area contributed by atoms with Crippen LogP contribution >= 0.6 is 0 Å². The minimum absolute atomic E-state index is 0.0695. The zero-order valence-electron chi connectivity index (χ0n) is 10.7. The summed E-state index contributed by atoms with van der Waals surface area (Å²) in [6.45, 7) is 3.05. The molecule has 19 heavy (non-hydrogen) atoms. The molecule has 100 valence electrons. The van der Waals surface area contributed by atoms with Crippen molar-refractivity contribution in [3.63, 3.8) is 0 Å². The molecule has 4 nitrogen and oxygen atoms in total. The summed E-state index contributed by atoms with van der Waals surface area (Å²) in [5.74, 6) is 1.99. The molecule has 0 aliphatic carbocycles. The van der Waals surface area contributed by atoms with Gasteiger partial charge in [-0.25, -0.2) is 4.39 Å². The molecule has 2 rings (SSSR count). The number of nitro benzene ring substituents is 1. The number of ether oxygens (including phenoxy) is 1. The van der Waals surface area contributed by atoms with Gasteiger partial charge in [0.05, 0.1) is 17.4 Å². The highest BCUT2D eigenvalue weighted by atomic mass is 19.1. The smallest absolute Gasteiger partial charge is 0.270 e. The summed E-state index contributed by atoms with van der Waals surface area (Å²) in [5.41, 5.74) is -1.07. The van der Waals surface area contributed by atoms with Crippen LogP contribution in [0, 0.1) is 28.4 Å². The Hall–Kier alpha value is -2.09. The number of hydrogen-bond acceptors (Lipinski definition) is 3. The van der Waals surface area contributed by atoms with Crippen molar-refractivity contribution in [3.05, 3.63) is 33.9 Å². The number of nitro groups is 1. The second-order valence-corrected chi connectivity index (χ2v) is 5.11. The van der Waals surface area contributed by atoms with Gasteiger partial charge in [0.2, 0.25) is 0 Å². The Bertz CT molecular complexity index is 557. The Labute approximate surface area is 110 Å². The number of rotatable bonds is 2. The standard InChI is InChI=1S/C14H14FNO3/c1-4-10-11-7-9(16(17)18)5-6-13(11)19-8-12(10)14(2,3)15/h1,5-7,10,12H,8H2,2-3H3.